The summed E-state index contributed by atoms with van der Waals surface area (Å²) in [5.41, 5.74) is 3.78. The second kappa shape index (κ2) is 9.49. The van der Waals surface area contributed by atoms with Crippen molar-refractivity contribution < 1.29 is 5.11 Å². The molecule has 0 atom stereocenters. The van der Waals surface area contributed by atoms with Gasteiger partial charge < -0.3 is 10.4 Å². The Morgan fingerprint density at radius 1 is 0.968 bits per heavy atom. The number of hydrogen-bond acceptors (Lipinski definition) is 5. The molecule has 156 valence electrons. The zero-order chi connectivity index (χ0) is 21.6. The van der Waals surface area contributed by atoms with Crippen LogP contribution in [0.2, 0.25) is 0 Å². The van der Waals surface area contributed by atoms with Gasteiger partial charge in [-0.2, -0.15) is 0 Å². The molecular formula is C26H26N4O. The topological polar surface area (TPSA) is 70.4 Å². The Bertz CT molecular complexity index is 1150. The predicted octanol–water partition coefficient (Wildman–Crippen LogP) is 5.15. The number of pyridine rings is 2. The average molecular weight is 411 g/mol. The molecule has 5 nitrogen and oxygen atoms in total. The third-order valence-corrected chi connectivity index (χ3v) is 4.87. The van der Waals surface area contributed by atoms with Gasteiger partial charge in [-0.1, -0.05) is 60.7 Å². The molecule has 5 heteroatoms. The van der Waals surface area contributed by atoms with Crippen LogP contribution in [0.15, 0.2) is 84.0 Å². The lowest BCUT2D eigenvalue weighted by atomic mass is 10.0. The summed E-state index contributed by atoms with van der Waals surface area (Å²) in [7, 11) is 0. The first kappa shape index (κ1) is 20.7. The normalized spacial score (nSPS) is 11.0. The first-order valence-corrected chi connectivity index (χ1v) is 10.5. The number of aliphatic hydroxyl groups excluding tert-OH is 1. The van der Waals surface area contributed by atoms with Crippen molar-refractivity contribution in [2.24, 2.45) is 4.99 Å². The Kier molecular flexibility index (Phi) is 6.34. The lowest BCUT2D eigenvalue weighted by Crippen LogP contribution is -2.12. The average Bonchev–Trinajstić information content (AvgIpc) is 2.79. The molecule has 0 spiro atoms. The lowest BCUT2D eigenvalue weighted by molar-refractivity contribution is 0.298. The molecule has 2 aromatic carbocycles. The quantitative estimate of drug-likeness (QED) is 0.413. The Morgan fingerprint density at radius 3 is 2.19 bits per heavy atom. The van der Waals surface area contributed by atoms with E-state index in [1.807, 2.05) is 54.7 Å². The Balaban J connectivity index is 1.85. The number of nitrogens with zero attached hydrogens (tertiary/aromatic N) is 3. The molecule has 2 aromatic heterocycles. The summed E-state index contributed by atoms with van der Waals surface area (Å²) < 4.78 is 0. The van der Waals surface area contributed by atoms with E-state index < -0.39 is 0 Å². The van der Waals surface area contributed by atoms with Gasteiger partial charge in [0.15, 0.2) is 5.82 Å². The van der Waals surface area contributed by atoms with Crippen molar-refractivity contribution in [1.82, 2.24) is 9.97 Å². The van der Waals surface area contributed by atoms with Gasteiger partial charge in [-0.15, -0.1) is 0 Å². The van der Waals surface area contributed by atoms with Gasteiger partial charge in [0.1, 0.15) is 5.82 Å². The summed E-state index contributed by atoms with van der Waals surface area (Å²) >= 11 is 0. The van der Waals surface area contributed by atoms with Gasteiger partial charge in [-0.05, 0) is 26.0 Å². The molecule has 0 fully saturated rings. The third kappa shape index (κ3) is 4.95. The smallest absolute Gasteiger partial charge is 0.153 e. The highest BCUT2D eigenvalue weighted by atomic mass is 16.3. The van der Waals surface area contributed by atoms with E-state index in [4.69, 9.17) is 9.98 Å². The van der Waals surface area contributed by atoms with Gasteiger partial charge in [0.25, 0.3) is 0 Å². The molecule has 0 aliphatic heterocycles. The number of aliphatic imine (C=N–C) groups is 1. The minimum Gasteiger partial charge on any atom is -0.396 e. The first-order chi connectivity index (χ1) is 15.1. The second-order valence-electron chi connectivity index (χ2n) is 7.69. The highest BCUT2D eigenvalue weighted by Gasteiger charge is 2.11. The Morgan fingerprint density at radius 2 is 1.61 bits per heavy atom. The predicted molar refractivity (Wildman–Crippen MR) is 127 cm³/mol. The van der Waals surface area contributed by atoms with E-state index in [-0.39, 0.29) is 12.6 Å². The molecular weight excluding hydrogens is 384 g/mol. The van der Waals surface area contributed by atoms with Gasteiger partial charge in [-0.3, -0.25) is 0 Å². The maximum atomic E-state index is 9.33. The molecule has 2 heterocycles. The summed E-state index contributed by atoms with van der Waals surface area (Å²) in [5.74, 6) is 1.41. The summed E-state index contributed by atoms with van der Waals surface area (Å²) in [6.07, 6.45) is 2.34. The van der Waals surface area contributed by atoms with Gasteiger partial charge >= 0.3 is 0 Å². The molecule has 0 amide bonds. The molecule has 2 N–H and O–H groups in total. The number of benzene rings is 2. The van der Waals surface area contributed by atoms with Gasteiger partial charge in [0, 0.05) is 52.9 Å². The molecule has 0 aliphatic carbocycles. The van der Waals surface area contributed by atoms with Crippen LogP contribution >= 0.6 is 0 Å². The van der Waals surface area contributed by atoms with Crippen LogP contribution in [0.5, 0.6) is 0 Å². The van der Waals surface area contributed by atoms with E-state index in [1.54, 1.807) is 0 Å². The zero-order valence-corrected chi connectivity index (χ0v) is 17.8. The molecule has 0 saturated heterocycles. The number of hydrogen-bond donors (Lipinski definition) is 2. The molecule has 0 unspecified atom stereocenters. The van der Waals surface area contributed by atoms with E-state index in [9.17, 15) is 5.11 Å². The maximum absolute atomic E-state index is 9.33. The van der Waals surface area contributed by atoms with Crippen LogP contribution in [0.25, 0.3) is 10.8 Å². The fraction of sp³-hybridized carbons (Fsp3) is 0.192. The van der Waals surface area contributed by atoms with Crippen LogP contribution in [0.4, 0.5) is 11.6 Å². The van der Waals surface area contributed by atoms with Crippen LogP contribution in [-0.2, 0) is 6.42 Å². The molecule has 31 heavy (non-hydrogen) atoms. The molecule has 0 bridgehead atoms. The number of anilines is 1. The van der Waals surface area contributed by atoms with Crippen molar-refractivity contribution in [2.75, 3.05) is 11.9 Å². The van der Waals surface area contributed by atoms with E-state index in [0.29, 0.717) is 12.2 Å². The van der Waals surface area contributed by atoms with E-state index in [2.05, 4.69) is 48.4 Å². The standard InChI is InChI=1S/C26H26N4O/c1-18(2)28-26-23-16-24(27-17-21(23)15-22(29-26)13-14-31)30-25(19-9-5-3-6-10-19)20-11-7-4-8-12-20/h3-12,15-18,31H,13-14H2,1-2H3,(H,28,29). The summed E-state index contributed by atoms with van der Waals surface area (Å²) in [4.78, 5) is 14.3. The number of aliphatic hydroxyl groups is 1. The van der Waals surface area contributed by atoms with Gasteiger partial charge in [0.2, 0.25) is 0 Å². The highest BCUT2D eigenvalue weighted by Crippen LogP contribution is 2.27. The van der Waals surface area contributed by atoms with Crippen LogP contribution < -0.4 is 5.32 Å². The number of fused-ring (bicyclic) bond motifs is 1. The monoisotopic (exact) mass is 410 g/mol. The van der Waals surface area contributed by atoms with E-state index in [1.165, 1.54) is 0 Å². The number of nitrogens with one attached hydrogen (secondary N) is 1. The number of aromatic nitrogens is 2. The van der Waals surface area contributed by atoms with Crippen molar-refractivity contribution in [3.05, 3.63) is 95.8 Å². The van der Waals surface area contributed by atoms with Crippen molar-refractivity contribution in [1.29, 1.82) is 0 Å². The van der Waals surface area contributed by atoms with Crippen molar-refractivity contribution in [2.45, 2.75) is 26.3 Å². The molecule has 0 aliphatic rings. The summed E-state index contributed by atoms with van der Waals surface area (Å²) in [6.45, 7) is 4.22. The molecule has 4 rings (SSSR count). The highest BCUT2D eigenvalue weighted by molar-refractivity contribution is 6.14. The third-order valence-electron chi connectivity index (χ3n) is 4.87. The molecule has 4 aromatic rings. The largest absolute Gasteiger partial charge is 0.396 e. The number of rotatable bonds is 7. The van der Waals surface area contributed by atoms with Crippen LogP contribution in [-0.4, -0.2) is 33.4 Å². The Hall–Kier alpha value is -3.57. The van der Waals surface area contributed by atoms with Crippen molar-refractivity contribution in [3.8, 4) is 0 Å². The second-order valence-corrected chi connectivity index (χ2v) is 7.69. The molecule has 0 saturated carbocycles. The maximum Gasteiger partial charge on any atom is 0.153 e. The fourth-order valence-electron chi connectivity index (χ4n) is 3.48. The van der Waals surface area contributed by atoms with Crippen LogP contribution in [0, 0.1) is 0 Å². The van der Waals surface area contributed by atoms with Crippen molar-refractivity contribution in [3.63, 3.8) is 0 Å². The SMILES string of the molecule is CC(C)Nc1nc(CCO)cc2cnc(N=C(c3ccccc3)c3ccccc3)cc12. The van der Waals surface area contributed by atoms with Crippen molar-refractivity contribution >= 4 is 28.1 Å². The molecule has 0 radical (unpaired) electrons. The van der Waals surface area contributed by atoms with E-state index >= 15 is 0 Å². The minimum atomic E-state index is 0.0624. The van der Waals surface area contributed by atoms with E-state index in [0.717, 1.165) is 39.1 Å². The Labute approximate surface area is 182 Å². The van der Waals surface area contributed by atoms with Gasteiger partial charge in [-0.25, -0.2) is 15.0 Å². The minimum absolute atomic E-state index is 0.0624. The summed E-state index contributed by atoms with van der Waals surface area (Å²) in [5, 5.41) is 14.7. The summed E-state index contributed by atoms with van der Waals surface area (Å²) in [6, 6.07) is 24.5. The zero-order valence-electron chi connectivity index (χ0n) is 17.8. The lowest BCUT2D eigenvalue weighted by Gasteiger charge is -2.14. The van der Waals surface area contributed by atoms with Gasteiger partial charge in [0.05, 0.1) is 5.71 Å². The van der Waals surface area contributed by atoms with Crippen LogP contribution in [0.1, 0.15) is 30.7 Å². The first-order valence-electron chi connectivity index (χ1n) is 10.5. The fourth-order valence-corrected chi connectivity index (χ4v) is 3.48. The van der Waals surface area contributed by atoms with Crippen LogP contribution in [0.3, 0.4) is 0 Å².